The lowest BCUT2D eigenvalue weighted by atomic mass is 10.1. The van der Waals surface area contributed by atoms with Crippen molar-refractivity contribution in [1.29, 1.82) is 0 Å². The number of likely N-dealkylation sites (N-methyl/N-ethyl adjacent to an activating group) is 1. The van der Waals surface area contributed by atoms with Crippen LogP contribution in [0.15, 0.2) is 29.3 Å². The number of amides is 2. The quantitative estimate of drug-likeness (QED) is 0.825. The molecule has 1 atom stereocenters. The van der Waals surface area contributed by atoms with Crippen molar-refractivity contribution in [3.63, 3.8) is 0 Å². The summed E-state index contributed by atoms with van der Waals surface area (Å²) >= 11 is 0. The molecule has 1 aromatic rings. The highest BCUT2D eigenvalue weighted by Crippen LogP contribution is 2.26. The van der Waals surface area contributed by atoms with E-state index < -0.39 is 6.04 Å². The number of hydrogen-bond acceptors (Lipinski definition) is 2. The molecule has 4 nitrogen and oxygen atoms in total. The third-order valence-corrected chi connectivity index (χ3v) is 2.57. The minimum absolute atomic E-state index is 0.220. The Balaban J connectivity index is 2.40. The monoisotopic (exact) mass is 221 g/mol. The normalized spacial score (nSPS) is 20.1. The maximum absolute atomic E-state index is 13.1. The molecule has 0 saturated heterocycles. The molecule has 1 unspecified atom stereocenters. The molecule has 84 valence electrons. The summed E-state index contributed by atoms with van der Waals surface area (Å²) < 4.78 is 13.1. The van der Waals surface area contributed by atoms with Gasteiger partial charge in [-0.25, -0.2) is 9.18 Å². The standard InChI is InChI=1S/C11H12FN3O/c1-2-15-9(10(13)14-11(15)16)7-4-3-5-8(12)6-7/h3-6,9H,2H2,1H3,(H2,13,14,16). The number of benzene rings is 1. The van der Waals surface area contributed by atoms with E-state index in [1.807, 2.05) is 6.92 Å². The van der Waals surface area contributed by atoms with E-state index in [0.29, 0.717) is 12.1 Å². The first-order chi connectivity index (χ1) is 7.63. The van der Waals surface area contributed by atoms with E-state index in [1.165, 1.54) is 17.0 Å². The van der Waals surface area contributed by atoms with Crippen LogP contribution in [0, 0.1) is 5.82 Å². The summed E-state index contributed by atoms with van der Waals surface area (Å²) in [6.45, 7) is 2.32. The van der Waals surface area contributed by atoms with Gasteiger partial charge in [-0.3, -0.25) is 0 Å². The van der Waals surface area contributed by atoms with E-state index in [4.69, 9.17) is 5.73 Å². The second-order valence-corrected chi connectivity index (χ2v) is 3.56. The second kappa shape index (κ2) is 3.92. The van der Waals surface area contributed by atoms with Gasteiger partial charge in [0, 0.05) is 6.54 Å². The fourth-order valence-electron chi connectivity index (χ4n) is 1.85. The first-order valence-corrected chi connectivity index (χ1v) is 5.03. The van der Waals surface area contributed by atoms with Crippen LogP contribution < -0.4 is 5.73 Å². The van der Waals surface area contributed by atoms with Crippen molar-refractivity contribution in [2.24, 2.45) is 10.7 Å². The van der Waals surface area contributed by atoms with Crippen molar-refractivity contribution in [3.05, 3.63) is 35.6 Å². The molecular formula is C11H12FN3O. The summed E-state index contributed by atoms with van der Waals surface area (Å²) in [5, 5.41) is 0. The minimum atomic E-state index is -0.437. The van der Waals surface area contributed by atoms with Gasteiger partial charge in [-0.05, 0) is 24.6 Å². The van der Waals surface area contributed by atoms with Crippen LogP contribution in [0.1, 0.15) is 18.5 Å². The molecule has 1 aromatic carbocycles. The first-order valence-electron chi connectivity index (χ1n) is 5.03. The molecule has 2 N–H and O–H groups in total. The Hall–Kier alpha value is -1.91. The number of nitrogens with zero attached hydrogens (tertiary/aromatic N) is 2. The minimum Gasteiger partial charge on any atom is -0.385 e. The number of carbonyl (C=O) groups excluding carboxylic acids is 1. The molecule has 0 spiro atoms. The number of halogens is 1. The van der Waals surface area contributed by atoms with Gasteiger partial charge in [0.25, 0.3) is 0 Å². The second-order valence-electron chi connectivity index (χ2n) is 3.56. The summed E-state index contributed by atoms with van der Waals surface area (Å²) in [6, 6.07) is 5.24. The third-order valence-electron chi connectivity index (χ3n) is 2.57. The fraction of sp³-hybridized carbons (Fsp3) is 0.273. The summed E-state index contributed by atoms with van der Waals surface area (Å²) in [6.07, 6.45) is 0. The molecule has 0 radical (unpaired) electrons. The average Bonchev–Trinajstić information content (AvgIpc) is 2.52. The van der Waals surface area contributed by atoms with Crippen molar-refractivity contribution in [3.8, 4) is 0 Å². The van der Waals surface area contributed by atoms with Gasteiger partial charge >= 0.3 is 6.03 Å². The lowest BCUT2D eigenvalue weighted by Crippen LogP contribution is -2.33. The molecule has 0 bridgehead atoms. The van der Waals surface area contributed by atoms with Gasteiger partial charge < -0.3 is 10.6 Å². The summed E-state index contributed by atoms with van der Waals surface area (Å²) in [5.41, 5.74) is 6.33. The Labute approximate surface area is 92.6 Å². The lowest BCUT2D eigenvalue weighted by molar-refractivity contribution is 0.209. The van der Waals surface area contributed by atoms with Crippen molar-refractivity contribution in [2.75, 3.05) is 6.54 Å². The van der Waals surface area contributed by atoms with Crippen LogP contribution in [0.25, 0.3) is 0 Å². The van der Waals surface area contributed by atoms with Crippen LogP contribution in [0.4, 0.5) is 9.18 Å². The van der Waals surface area contributed by atoms with Crippen molar-refractivity contribution < 1.29 is 9.18 Å². The smallest absolute Gasteiger partial charge is 0.346 e. The number of aliphatic imine (C=N–C) groups is 1. The molecule has 0 saturated carbocycles. The Morgan fingerprint density at radius 2 is 2.31 bits per heavy atom. The predicted molar refractivity (Wildman–Crippen MR) is 58.5 cm³/mol. The highest BCUT2D eigenvalue weighted by atomic mass is 19.1. The summed E-state index contributed by atoms with van der Waals surface area (Å²) in [7, 11) is 0. The molecular weight excluding hydrogens is 209 g/mol. The Morgan fingerprint density at radius 1 is 1.56 bits per heavy atom. The van der Waals surface area contributed by atoms with E-state index in [0.717, 1.165) is 0 Å². The summed E-state index contributed by atoms with van der Waals surface area (Å²) in [5.74, 6) is -0.127. The van der Waals surface area contributed by atoms with E-state index in [1.54, 1.807) is 12.1 Å². The zero-order valence-electron chi connectivity index (χ0n) is 8.85. The predicted octanol–water partition coefficient (Wildman–Crippen LogP) is 1.68. The molecule has 5 heteroatoms. The number of amidine groups is 1. The molecule has 1 heterocycles. The number of nitrogens with two attached hydrogens (primary N) is 1. The zero-order valence-corrected chi connectivity index (χ0v) is 8.85. The van der Waals surface area contributed by atoms with Gasteiger partial charge in [-0.15, -0.1) is 0 Å². The van der Waals surface area contributed by atoms with E-state index >= 15 is 0 Å². The molecule has 1 aliphatic heterocycles. The van der Waals surface area contributed by atoms with Gasteiger partial charge in [-0.1, -0.05) is 12.1 Å². The van der Waals surface area contributed by atoms with Crippen LogP contribution >= 0.6 is 0 Å². The van der Waals surface area contributed by atoms with Gasteiger partial charge in [0.2, 0.25) is 0 Å². The van der Waals surface area contributed by atoms with E-state index in [2.05, 4.69) is 4.99 Å². The zero-order chi connectivity index (χ0) is 11.7. The number of hydrogen-bond donors (Lipinski definition) is 1. The molecule has 1 aliphatic rings. The van der Waals surface area contributed by atoms with Gasteiger partial charge in [0.05, 0.1) is 0 Å². The van der Waals surface area contributed by atoms with Crippen LogP contribution in [0.2, 0.25) is 0 Å². The first kappa shape index (κ1) is 10.6. The molecule has 0 fully saturated rings. The molecule has 2 amide bonds. The molecule has 2 rings (SSSR count). The Bertz CT molecular complexity index is 458. The van der Waals surface area contributed by atoms with Crippen LogP contribution in [0.5, 0.6) is 0 Å². The van der Waals surface area contributed by atoms with E-state index in [9.17, 15) is 9.18 Å². The fourth-order valence-corrected chi connectivity index (χ4v) is 1.85. The van der Waals surface area contributed by atoms with Crippen LogP contribution in [0.3, 0.4) is 0 Å². The summed E-state index contributed by atoms with van der Waals surface area (Å²) in [4.78, 5) is 16.6. The van der Waals surface area contributed by atoms with Gasteiger partial charge in [0.1, 0.15) is 17.7 Å². The van der Waals surface area contributed by atoms with Crippen molar-refractivity contribution in [2.45, 2.75) is 13.0 Å². The highest BCUT2D eigenvalue weighted by Gasteiger charge is 2.33. The lowest BCUT2D eigenvalue weighted by Gasteiger charge is -2.22. The SMILES string of the molecule is CCN1C(=O)N=C(N)C1c1cccc(F)c1. The largest absolute Gasteiger partial charge is 0.385 e. The van der Waals surface area contributed by atoms with Gasteiger partial charge in [-0.2, -0.15) is 4.99 Å². The Morgan fingerprint density at radius 3 is 2.94 bits per heavy atom. The molecule has 0 aromatic heterocycles. The van der Waals surface area contributed by atoms with E-state index in [-0.39, 0.29) is 17.7 Å². The van der Waals surface area contributed by atoms with Crippen LogP contribution in [-0.4, -0.2) is 23.3 Å². The van der Waals surface area contributed by atoms with Crippen LogP contribution in [-0.2, 0) is 0 Å². The van der Waals surface area contributed by atoms with Crippen molar-refractivity contribution in [1.82, 2.24) is 4.90 Å². The van der Waals surface area contributed by atoms with Gasteiger partial charge in [0.15, 0.2) is 0 Å². The topological polar surface area (TPSA) is 58.7 Å². The Kier molecular flexibility index (Phi) is 2.60. The average molecular weight is 221 g/mol. The number of rotatable bonds is 2. The number of urea groups is 1. The maximum atomic E-state index is 13.1. The highest BCUT2D eigenvalue weighted by molar-refractivity contribution is 6.03. The third kappa shape index (κ3) is 1.64. The number of carbonyl (C=O) groups is 1. The maximum Gasteiger partial charge on any atom is 0.346 e. The molecule has 16 heavy (non-hydrogen) atoms. The molecule has 0 aliphatic carbocycles. The van der Waals surface area contributed by atoms with Crippen molar-refractivity contribution >= 4 is 11.9 Å².